The number of hydrogen-bond donors (Lipinski definition) is 4. The van der Waals surface area contributed by atoms with Gasteiger partial charge in [0.2, 0.25) is 11.8 Å². The molecule has 0 radical (unpaired) electrons. The Bertz CT molecular complexity index is 1630. The van der Waals surface area contributed by atoms with Crippen molar-refractivity contribution in [2.24, 2.45) is 0 Å². The van der Waals surface area contributed by atoms with Crippen LogP contribution in [0, 0.1) is 0 Å². The Morgan fingerprint density at radius 2 is 1.30 bits per heavy atom. The quantitative estimate of drug-likeness (QED) is 0.132. The van der Waals surface area contributed by atoms with Crippen LogP contribution in [-0.2, 0) is 19.1 Å². The summed E-state index contributed by atoms with van der Waals surface area (Å²) in [4.78, 5) is 48.7. The van der Waals surface area contributed by atoms with Crippen LogP contribution in [-0.4, -0.2) is 48.7 Å². The van der Waals surface area contributed by atoms with Crippen molar-refractivity contribution in [1.29, 1.82) is 0 Å². The highest BCUT2D eigenvalue weighted by Crippen LogP contribution is 2.44. The molecule has 9 heteroatoms. The summed E-state index contributed by atoms with van der Waals surface area (Å²) in [6.07, 6.45) is 0.449. The van der Waals surface area contributed by atoms with Gasteiger partial charge in [-0.2, -0.15) is 0 Å². The van der Waals surface area contributed by atoms with Gasteiger partial charge in [-0.05, 0) is 51.8 Å². The number of carboxylic acids is 1. The second-order valence-electron chi connectivity index (χ2n) is 11.2. The van der Waals surface area contributed by atoms with Crippen molar-refractivity contribution in [2.75, 3.05) is 19.7 Å². The fourth-order valence-electron chi connectivity index (χ4n) is 5.73. The Labute approximate surface area is 268 Å². The Morgan fingerprint density at radius 3 is 1.96 bits per heavy atom. The first-order valence-electron chi connectivity index (χ1n) is 15.4. The Balaban J connectivity index is 0.987. The smallest absolute Gasteiger partial charge is 0.407 e. The van der Waals surface area contributed by atoms with Crippen molar-refractivity contribution < 1.29 is 29.0 Å². The lowest BCUT2D eigenvalue weighted by atomic mass is 9.98. The van der Waals surface area contributed by atoms with E-state index in [-0.39, 0.29) is 37.8 Å². The maximum atomic E-state index is 12.6. The van der Waals surface area contributed by atoms with Crippen molar-refractivity contribution in [3.05, 3.63) is 120 Å². The van der Waals surface area contributed by atoms with Gasteiger partial charge in [-0.3, -0.25) is 14.4 Å². The van der Waals surface area contributed by atoms with E-state index in [9.17, 15) is 24.3 Å². The topological polar surface area (TPSA) is 134 Å². The number of aliphatic carboxylic acids is 1. The minimum Gasteiger partial charge on any atom is -0.481 e. The predicted octanol–water partition coefficient (Wildman–Crippen LogP) is 5.81. The van der Waals surface area contributed by atoms with Crippen LogP contribution in [0.4, 0.5) is 4.79 Å². The second kappa shape index (κ2) is 15.5. The molecule has 0 bridgehead atoms. The lowest BCUT2D eigenvalue weighted by molar-refractivity contribution is -0.138. The summed E-state index contributed by atoms with van der Waals surface area (Å²) < 4.78 is 5.54. The number of hydrogen-bond acceptors (Lipinski definition) is 5. The second-order valence-corrected chi connectivity index (χ2v) is 11.2. The molecule has 9 nitrogen and oxygen atoms in total. The highest BCUT2D eigenvalue weighted by molar-refractivity contribution is 5.85. The van der Waals surface area contributed by atoms with Crippen LogP contribution in [0.1, 0.15) is 54.3 Å². The number of unbranched alkanes of at least 4 members (excludes halogenated alkanes) is 1. The number of benzene rings is 4. The standard InChI is InChI=1S/C37H37N3O6/c41-34(39-23-35(42)40-33(22-36(43)44)27-19-17-26(18-20-27)25-10-2-1-3-11-25)16-8-9-21-38-37(45)46-24-32-30-14-6-4-12-28(30)29-13-5-7-15-31(29)32/h1-7,10-15,17-20,32-33H,8-9,16,21-24H2,(H,38,45)(H,39,41)(H,40,42)(H,43,44). The number of ether oxygens (including phenoxy) is 1. The van der Waals surface area contributed by atoms with Crippen LogP contribution >= 0.6 is 0 Å². The van der Waals surface area contributed by atoms with E-state index in [0.29, 0.717) is 24.9 Å². The molecule has 1 aliphatic rings. The number of carbonyl (C=O) groups is 4. The Hall–Kier alpha value is -5.44. The summed E-state index contributed by atoms with van der Waals surface area (Å²) in [6, 6.07) is 32.7. The van der Waals surface area contributed by atoms with Crippen LogP contribution in [0.2, 0.25) is 0 Å². The molecule has 1 aliphatic carbocycles. The normalized spacial score (nSPS) is 12.3. The van der Waals surface area contributed by atoms with Crippen LogP contribution in [0.5, 0.6) is 0 Å². The van der Waals surface area contributed by atoms with E-state index < -0.39 is 24.0 Å². The highest BCUT2D eigenvalue weighted by atomic mass is 16.5. The first-order valence-corrected chi connectivity index (χ1v) is 15.4. The summed E-state index contributed by atoms with van der Waals surface area (Å²) >= 11 is 0. The van der Waals surface area contributed by atoms with Gasteiger partial charge in [0.15, 0.2) is 0 Å². The average molecular weight is 620 g/mol. The number of carboxylic acid groups (broad SMARTS) is 1. The van der Waals surface area contributed by atoms with Crippen LogP contribution in [0.15, 0.2) is 103 Å². The first kappa shape index (κ1) is 32.0. The molecule has 0 heterocycles. The van der Waals surface area contributed by atoms with E-state index >= 15 is 0 Å². The highest BCUT2D eigenvalue weighted by Gasteiger charge is 2.29. The molecule has 46 heavy (non-hydrogen) atoms. The Kier molecular flexibility index (Phi) is 10.8. The monoisotopic (exact) mass is 619 g/mol. The molecule has 1 unspecified atom stereocenters. The third-order valence-electron chi connectivity index (χ3n) is 8.02. The van der Waals surface area contributed by atoms with Gasteiger partial charge >= 0.3 is 12.1 Å². The van der Waals surface area contributed by atoms with Gasteiger partial charge < -0.3 is 25.8 Å². The van der Waals surface area contributed by atoms with Gasteiger partial charge in [-0.1, -0.05) is 103 Å². The maximum Gasteiger partial charge on any atom is 0.407 e. The molecule has 0 saturated heterocycles. The van der Waals surface area contributed by atoms with E-state index in [1.165, 1.54) is 0 Å². The van der Waals surface area contributed by atoms with Crippen LogP contribution in [0.3, 0.4) is 0 Å². The zero-order chi connectivity index (χ0) is 32.3. The molecule has 0 spiro atoms. The molecule has 0 fully saturated rings. The van der Waals surface area contributed by atoms with Gasteiger partial charge in [0.05, 0.1) is 19.0 Å². The van der Waals surface area contributed by atoms with Crippen molar-refractivity contribution in [1.82, 2.24) is 16.0 Å². The summed E-state index contributed by atoms with van der Waals surface area (Å²) in [5.74, 6) is -1.85. The fourth-order valence-corrected chi connectivity index (χ4v) is 5.73. The minimum absolute atomic E-state index is 0.0151. The average Bonchev–Trinajstić information content (AvgIpc) is 3.39. The molecule has 4 aromatic carbocycles. The first-order chi connectivity index (χ1) is 22.4. The molecule has 1 atom stereocenters. The third kappa shape index (κ3) is 8.38. The predicted molar refractivity (Wildman–Crippen MR) is 175 cm³/mol. The molecular weight excluding hydrogens is 582 g/mol. The SMILES string of the molecule is O=C(O)CC(NC(=O)CNC(=O)CCCCNC(=O)OCC1c2ccccc2-c2ccccc21)c1ccc(-c2ccccc2)cc1. The molecule has 4 N–H and O–H groups in total. The summed E-state index contributed by atoms with van der Waals surface area (Å²) in [5, 5.41) is 17.4. The molecule has 0 aliphatic heterocycles. The van der Waals surface area contributed by atoms with E-state index in [4.69, 9.17) is 4.74 Å². The minimum atomic E-state index is -1.05. The van der Waals surface area contributed by atoms with Gasteiger partial charge in [-0.25, -0.2) is 4.79 Å². The van der Waals surface area contributed by atoms with Gasteiger partial charge in [0.1, 0.15) is 6.61 Å². The maximum absolute atomic E-state index is 12.6. The molecule has 5 rings (SSSR count). The van der Waals surface area contributed by atoms with E-state index in [2.05, 4.69) is 40.2 Å². The number of fused-ring (bicyclic) bond motifs is 3. The van der Waals surface area contributed by atoms with E-state index in [0.717, 1.165) is 33.4 Å². The number of amides is 3. The zero-order valence-electron chi connectivity index (χ0n) is 25.4. The Morgan fingerprint density at radius 1 is 0.696 bits per heavy atom. The summed E-state index contributed by atoms with van der Waals surface area (Å²) in [5.41, 5.74) is 7.28. The van der Waals surface area contributed by atoms with Crippen molar-refractivity contribution >= 4 is 23.9 Å². The molecule has 4 aromatic rings. The molecule has 0 aromatic heterocycles. The fraction of sp³-hybridized carbons (Fsp3) is 0.243. The van der Waals surface area contributed by atoms with Gasteiger partial charge in [0, 0.05) is 18.9 Å². The van der Waals surface area contributed by atoms with Crippen molar-refractivity contribution in [3.8, 4) is 22.3 Å². The van der Waals surface area contributed by atoms with Crippen LogP contribution < -0.4 is 16.0 Å². The summed E-state index contributed by atoms with van der Waals surface area (Å²) in [7, 11) is 0. The van der Waals surface area contributed by atoms with Gasteiger partial charge in [0.25, 0.3) is 0 Å². The number of carbonyl (C=O) groups excluding carboxylic acids is 3. The molecule has 3 amide bonds. The summed E-state index contributed by atoms with van der Waals surface area (Å²) in [6.45, 7) is 0.316. The van der Waals surface area contributed by atoms with E-state index in [1.807, 2.05) is 66.7 Å². The van der Waals surface area contributed by atoms with Crippen LogP contribution in [0.25, 0.3) is 22.3 Å². The van der Waals surface area contributed by atoms with Gasteiger partial charge in [-0.15, -0.1) is 0 Å². The number of rotatable bonds is 14. The van der Waals surface area contributed by atoms with E-state index in [1.54, 1.807) is 12.1 Å². The zero-order valence-corrected chi connectivity index (χ0v) is 25.4. The lowest BCUT2D eigenvalue weighted by Crippen LogP contribution is -2.39. The number of alkyl carbamates (subject to hydrolysis) is 1. The largest absolute Gasteiger partial charge is 0.481 e. The molecule has 236 valence electrons. The molecular formula is C37H37N3O6. The molecule has 0 saturated carbocycles. The van der Waals surface area contributed by atoms with Crippen molar-refractivity contribution in [3.63, 3.8) is 0 Å². The number of nitrogens with one attached hydrogen (secondary N) is 3. The lowest BCUT2D eigenvalue weighted by Gasteiger charge is -2.18. The van der Waals surface area contributed by atoms with Crippen molar-refractivity contribution in [2.45, 2.75) is 37.6 Å². The third-order valence-corrected chi connectivity index (χ3v) is 8.02.